The maximum atomic E-state index is 14.2. The van der Waals surface area contributed by atoms with Crippen LogP contribution in [0.5, 0.6) is 0 Å². The van der Waals surface area contributed by atoms with Gasteiger partial charge in [-0.1, -0.05) is 49.0 Å². The molecule has 0 saturated heterocycles. The lowest BCUT2D eigenvalue weighted by molar-refractivity contribution is -0.111. The van der Waals surface area contributed by atoms with Gasteiger partial charge in [0.2, 0.25) is 11.9 Å². The van der Waals surface area contributed by atoms with E-state index >= 15 is 0 Å². The number of hydrogen-bond acceptors (Lipinski definition) is 6. The largest absolute Gasteiger partial charge is 0.390 e. The Morgan fingerprint density at radius 2 is 1.67 bits per heavy atom. The lowest BCUT2D eigenvalue weighted by Gasteiger charge is -2.57. The van der Waals surface area contributed by atoms with Crippen LogP contribution in [0.2, 0.25) is 0 Å². The predicted octanol–water partition coefficient (Wildman–Crippen LogP) is 5.12. The Balaban J connectivity index is 1.34. The molecule has 2 bridgehead atoms. The van der Waals surface area contributed by atoms with Gasteiger partial charge in [-0.15, -0.1) is 0 Å². The van der Waals surface area contributed by atoms with E-state index in [0.29, 0.717) is 36.2 Å². The number of hydrogen-bond donors (Lipinski definition) is 3. The zero-order chi connectivity index (χ0) is 27.0. The number of nitrogens with one attached hydrogen (secondary N) is 2. The molecule has 3 aromatic rings. The van der Waals surface area contributed by atoms with E-state index in [1.54, 1.807) is 17.2 Å². The first-order valence-electron chi connectivity index (χ1n) is 13.4. The van der Waals surface area contributed by atoms with Gasteiger partial charge in [-0.2, -0.15) is 4.98 Å². The van der Waals surface area contributed by atoms with Crippen molar-refractivity contribution in [3.05, 3.63) is 84.6 Å². The van der Waals surface area contributed by atoms with E-state index in [2.05, 4.69) is 22.2 Å². The molecule has 0 radical (unpaired) electrons. The molecular formula is C30H32N6O3. The average molecular weight is 525 g/mol. The minimum absolute atomic E-state index is 0.0676. The fourth-order valence-corrected chi connectivity index (χ4v) is 6.11. The summed E-state index contributed by atoms with van der Waals surface area (Å²) in [5.74, 6) is 0.579. The topological polar surface area (TPSA) is 111 Å². The number of anilines is 4. The molecular weight excluding hydrogens is 492 g/mol. The number of para-hydroxylation sites is 2. The van der Waals surface area contributed by atoms with Crippen LogP contribution in [0.3, 0.4) is 0 Å². The van der Waals surface area contributed by atoms with Crippen LogP contribution in [0.25, 0.3) is 0 Å². The van der Waals surface area contributed by atoms with Gasteiger partial charge in [0.05, 0.1) is 30.1 Å². The van der Waals surface area contributed by atoms with Crippen molar-refractivity contribution in [2.24, 2.45) is 0 Å². The maximum absolute atomic E-state index is 14.2. The van der Waals surface area contributed by atoms with Crippen molar-refractivity contribution < 1.29 is 14.7 Å². The molecule has 3 fully saturated rings. The summed E-state index contributed by atoms with van der Waals surface area (Å²) in [6.45, 7) is 4.33. The number of carbonyl (C=O) groups is 2. The first kappa shape index (κ1) is 25.1. The number of carbonyl (C=O) groups excluding carboxylic acids is 2. The van der Waals surface area contributed by atoms with Crippen molar-refractivity contribution in [1.29, 1.82) is 0 Å². The SMILES string of the molecule is C=CC(=O)Nc1ccccc1Nc1ncc2c(n1)N(Cc1ccccc1)C(=O)N(C13CCC(O)(CC1)CC3)C2. The van der Waals surface area contributed by atoms with Gasteiger partial charge >= 0.3 is 6.03 Å². The Hall–Kier alpha value is -4.24. The summed E-state index contributed by atoms with van der Waals surface area (Å²) in [6.07, 6.45) is 7.58. The van der Waals surface area contributed by atoms with Crippen molar-refractivity contribution in [1.82, 2.24) is 14.9 Å². The molecule has 4 aliphatic rings. The monoisotopic (exact) mass is 524 g/mol. The summed E-state index contributed by atoms with van der Waals surface area (Å²) in [5.41, 5.74) is 2.25. The van der Waals surface area contributed by atoms with Crippen LogP contribution in [0.4, 0.5) is 27.9 Å². The summed E-state index contributed by atoms with van der Waals surface area (Å²) < 4.78 is 0. The minimum atomic E-state index is -0.576. The lowest BCUT2D eigenvalue weighted by atomic mass is 9.62. The molecule has 3 amide bonds. The number of aromatic nitrogens is 2. The highest BCUT2D eigenvalue weighted by Gasteiger charge is 2.53. The van der Waals surface area contributed by atoms with Crippen LogP contribution in [-0.2, 0) is 17.9 Å². The Bertz CT molecular complexity index is 1400. The van der Waals surface area contributed by atoms with E-state index in [4.69, 9.17) is 4.98 Å². The standard InChI is InChI=1S/C30H32N6O3/c1-2-25(37)32-23-10-6-7-11-24(23)33-27-31-18-22-20-36(29-12-15-30(39,16-13-29)17-14-29)28(38)35(26(22)34-27)19-21-8-4-3-5-9-21/h2-11,18,39H,1,12-17,19-20H2,(H,32,37)(H,31,33,34). The normalized spacial score (nSPS) is 23.8. The summed E-state index contributed by atoms with van der Waals surface area (Å²) in [5, 5.41) is 16.8. The summed E-state index contributed by atoms with van der Waals surface area (Å²) in [7, 11) is 0. The molecule has 1 aliphatic heterocycles. The third-order valence-electron chi connectivity index (χ3n) is 8.43. The zero-order valence-electron chi connectivity index (χ0n) is 21.8. The molecule has 7 rings (SSSR count). The first-order chi connectivity index (χ1) is 18.9. The van der Waals surface area contributed by atoms with Crippen molar-refractivity contribution in [2.45, 2.75) is 62.8 Å². The molecule has 3 saturated carbocycles. The van der Waals surface area contributed by atoms with Gasteiger partial charge in [0.1, 0.15) is 5.82 Å². The fraction of sp³-hybridized carbons (Fsp3) is 0.333. The molecule has 2 aromatic carbocycles. The van der Waals surface area contributed by atoms with Crippen LogP contribution in [0.15, 0.2) is 73.4 Å². The second-order valence-corrected chi connectivity index (χ2v) is 10.8. The molecule has 9 nitrogen and oxygen atoms in total. The van der Waals surface area contributed by atoms with Crippen LogP contribution in [0, 0.1) is 0 Å². The number of amides is 3. The van der Waals surface area contributed by atoms with Crippen molar-refractivity contribution in [3.63, 3.8) is 0 Å². The van der Waals surface area contributed by atoms with E-state index in [0.717, 1.165) is 49.7 Å². The van der Waals surface area contributed by atoms with E-state index in [1.165, 1.54) is 6.08 Å². The second-order valence-electron chi connectivity index (χ2n) is 10.8. The van der Waals surface area contributed by atoms with Gasteiger partial charge in [0, 0.05) is 17.3 Å². The van der Waals surface area contributed by atoms with E-state index in [1.807, 2.05) is 53.4 Å². The summed E-state index contributed by atoms with van der Waals surface area (Å²) in [6, 6.07) is 17.1. The maximum Gasteiger partial charge on any atom is 0.326 e. The number of fused-ring (bicyclic) bond motifs is 4. The lowest BCUT2D eigenvalue weighted by Crippen LogP contribution is -2.63. The second kappa shape index (κ2) is 9.81. The van der Waals surface area contributed by atoms with Crippen LogP contribution >= 0.6 is 0 Å². The van der Waals surface area contributed by atoms with Gasteiger partial charge in [0.15, 0.2) is 0 Å². The zero-order valence-corrected chi connectivity index (χ0v) is 21.8. The van der Waals surface area contributed by atoms with Gasteiger partial charge in [-0.05, 0) is 62.3 Å². The average Bonchev–Trinajstić information content (AvgIpc) is 2.96. The molecule has 0 spiro atoms. The van der Waals surface area contributed by atoms with Gasteiger partial charge in [-0.25, -0.2) is 9.78 Å². The Morgan fingerprint density at radius 1 is 1.00 bits per heavy atom. The highest BCUT2D eigenvalue weighted by atomic mass is 16.3. The Kier molecular flexibility index (Phi) is 6.31. The van der Waals surface area contributed by atoms with E-state index < -0.39 is 5.60 Å². The molecule has 0 unspecified atom stereocenters. The quantitative estimate of drug-likeness (QED) is 0.370. The van der Waals surface area contributed by atoms with Crippen LogP contribution < -0.4 is 15.5 Å². The van der Waals surface area contributed by atoms with Gasteiger partial charge in [0.25, 0.3) is 0 Å². The Morgan fingerprint density at radius 3 is 2.36 bits per heavy atom. The number of nitrogens with zero attached hydrogens (tertiary/aromatic N) is 4. The molecule has 2 heterocycles. The van der Waals surface area contributed by atoms with Crippen LogP contribution in [0.1, 0.15) is 49.7 Å². The van der Waals surface area contributed by atoms with Gasteiger partial charge < -0.3 is 20.6 Å². The fourth-order valence-electron chi connectivity index (χ4n) is 6.11. The third-order valence-corrected chi connectivity index (χ3v) is 8.43. The highest BCUT2D eigenvalue weighted by molar-refractivity contribution is 6.01. The van der Waals surface area contributed by atoms with E-state index in [-0.39, 0.29) is 17.5 Å². The van der Waals surface area contributed by atoms with Crippen LogP contribution in [-0.4, -0.2) is 43.1 Å². The van der Waals surface area contributed by atoms with Gasteiger partial charge in [-0.3, -0.25) is 9.69 Å². The molecule has 200 valence electrons. The number of urea groups is 1. The Labute approximate surface area is 227 Å². The summed E-state index contributed by atoms with van der Waals surface area (Å²) in [4.78, 5) is 39.2. The third kappa shape index (κ3) is 4.74. The predicted molar refractivity (Wildman–Crippen MR) is 150 cm³/mol. The van der Waals surface area contributed by atoms with Crippen molar-refractivity contribution in [2.75, 3.05) is 15.5 Å². The van der Waals surface area contributed by atoms with Crippen molar-refractivity contribution >= 4 is 35.1 Å². The highest BCUT2D eigenvalue weighted by Crippen LogP contribution is 2.51. The first-order valence-corrected chi connectivity index (χ1v) is 13.4. The molecule has 0 atom stereocenters. The molecule has 3 aliphatic carbocycles. The number of benzene rings is 2. The molecule has 3 N–H and O–H groups in total. The smallest absolute Gasteiger partial charge is 0.326 e. The summed E-state index contributed by atoms with van der Waals surface area (Å²) >= 11 is 0. The van der Waals surface area contributed by atoms with Crippen molar-refractivity contribution in [3.8, 4) is 0 Å². The van der Waals surface area contributed by atoms with E-state index in [9.17, 15) is 14.7 Å². The number of aliphatic hydroxyl groups is 1. The minimum Gasteiger partial charge on any atom is -0.390 e. The molecule has 1 aromatic heterocycles. The molecule has 9 heteroatoms. The molecule has 39 heavy (non-hydrogen) atoms. The number of rotatable bonds is 7.